The summed E-state index contributed by atoms with van der Waals surface area (Å²) < 4.78 is 10.5. The lowest BCUT2D eigenvalue weighted by molar-refractivity contribution is -0.142. The van der Waals surface area contributed by atoms with Crippen molar-refractivity contribution in [2.75, 3.05) is 5.75 Å². The predicted octanol–water partition coefficient (Wildman–Crippen LogP) is 2.75. The molecule has 0 fully saturated rings. The van der Waals surface area contributed by atoms with Crippen LogP contribution in [0, 0.1) is 0 Å². The van der Waals surface area contributed by atoms with E-state index in [0.29, 0.717) is 11.5 Å². The minimum atomic E-state index is -0.558. The fourth-order valence-electron chi connectivity index (χ4n) is 2.50. The molecule has 2 aromatic rings. The summed E-state index contributed by atoms with van der Waals surface area (Å²) in [4.78, 5) is 35.3. The maximum absolute atomic E-state index is 12.3. The molecule has 164 valence electrons. The van der Waals surface area contributed by atoms with Crippen molar-refractivity contribution >= 4 is 34.7 Å². The van der Waals surface area contributed by atoms with Gasteiger partial charge in [0.2, 0.25) is 5.12 Å². The molecule has 2 rings (SSSR count). The number of aliphatic hydroxyl groups excluding tert-OH is 2. The lowest BCUT2D eigenvalue weighted by Crippen LogP contribution is -2.08. The van der Waals surface area contributed by atoms with Gasteiger partial charge in [-0.3, -0.25) is 14.4 Å². The van der Waals surface area contributed by atoms with E-state index in [1.165, 1.54) is 30.4 Å². The van der Waals surface area contributed by atoms with Crippen LogP contribution in [0.3, 0.4) is 0 Å². The van der Waals surface area contributed by atoms with Gasteiger partial charge in [-0.2, -0.15) is 0 Å². The van der Waals surface area contributed by atoms with Crippen LogP contribution in [0.15, 0.2) is 46.9 Å². The number of hydrogen-bond donors (Lipinski definition) is 3. The van der Waals surface area contributed by atoms with Gasteiger partial charge in [0, 0.05) is 11.1 Å². The van der Waals surface area contributed by atoms with E-state index in [2.05, 4.69) is 0 Å². The van der Waals surface area contributed by atoms with Gasteiger partial charge in [-0.1, -0.05) is 17.8 Å². The Kier molecular flexibility index (Phi) is 9.26. The van der Waals surface area contributed by atoms with Gasteiger partial charge in [0.25, 0.3) is 0 Å². The van der Waals surface area contributed by atoms with Crippen LogP contribution in [0.1, 0.15) is 39.9 Å². The highest BCUT2D eigenvalue weighted by molar-refractivity contribution is 8.14. The molecule has 1 aromatic carbocycles. The minimum absolute atomic E-state index is 0.108. The van der Waals surface area contributed by atoms with Crippen molar-refractivity contribution in [1.82, 2.24) is 0 Å². The Morgan fingerprint density at radius 3 is 2.58 bits per heavy atom. The van der Waals surface area contributed by atoms with E-state index < -0.39 is 25.0 Å². The number of benzene rings is 1. The van der Waals surface area contributed by atoms with E-state index in [9.17, 15) is 29.7 Å². The number of phenols is 1. The highest BCUT2D eigenvalue weighted by atomic mass is 32.2. The van der Waals surface area contributed by atoms with Crippen LogP contribution in [0.25, 0.3) is 6.08 Å². The first kappa shape index (κ1) is 24.1. The van der Waals surface area contributed by atoms with Gasteiger partial charge in [0.15, 0.2) is 5.78 Å². The highest BCUT2D eigenvalue weighted by Crippen LogP contribution is 2.24. The third kappa shape index (κ3) is 7.25. The monoisotopic (exact) mass is 446 g/mol. The first-order valence-electron chi connectivity index (χ1n) is 9.20. The van der Waals surface area contributed by atoms with Crippen molar-refractivity contribution < 1.29 is 38.9 Å². The number of aliphatic hydroxyl groups is 2. The summed E-state index contributed by atoms with van der Waals surface area (Å²) in [6.07, 6.45) is 5.58. The summed E-state index contributed by atoms with van der Waals surface area (Å²) in [5.41, 5.74) is 0.561. The lowest BCUT2D eigenvalue weighted by Gasteiger charge is -2.09. The molecule has 0 unspecified atom stereocenters. The summed E-state index contributed by atoms with van der Waals surface area (Å²) in [5.74, 6) is -0.686. The van der Waals surface area contributed by atoms with E-state index in [-0.39, 0.29) is 39.9 Å². The lowest BCUT2D eigenvalue weighted by atomic mass is 10.0. The van der Waals surface area contributed by atoms with E-state index in [0.717, 1.165) is 11.8 Å². The van der Waals surface area contributed by atoms with Crippen molar-refractivity contribution in [2.24, 2.45) is 0 Å². The molecule has 3 N–H and O–H groups in total. The summed E-state index contributed by atoms with van der Waals surface area (Å²) >= 11 is 0.838. The van der Waals surface area contributed by atoms with Crippen LogP contribution in [-0.4, -0.2) is 37.9 Å². The van der Waals surface area contributed by atoms with E-state index in [1.54, 1.807) is 25.1 Å². The smallest absolute Gasteiger partial charge is 0.316 e. The summed E-state index contributed by atoms with van der Waals surface area (Å²) in [6, 6.07) is 5.78. The van der Waals surface area contributed by atoms with Gasteiger partial charge < -0.3 is 24.5 Å². The first-order chi connectivity index (χ1) is 14.9. The molecule has 8 nitrogen and oxygen atoms in total. The van der Waals surface area contributed by atoms with E-state index >= 15 is 0 Å². The van der Waals surface area contributed by atoms with Gasteiger partial charge >= 0.3 is 5.97 Å². The standard InChI is InChI=1S/C22H22O8S/c1-2-3-22(28)31-13-21(27)29-12-17-5-4-16(30-17)6-7-19(25)14-8-15(10-23)18(11-24)20(26)9-14/h2-9,23-24,26H,10-13H2,1H3/b3-2+,7-6+. The molecule has 9 heteroatoms. The number of rotatable bonds is 10. The number of esters is 1. The number of carbonyl (C=O) groups is 3. The van der Waals surface area contributed by atoms with Crippen molar-refractivity contribution in [2.45, 2.75) is 26.7 Å². The zero-order chi connectivity index (χ0) is 22.8. The van der Waals surface area contributed by atoms with E-state index in [4.69, 9.17) is 9.15 Å². The Hall–Kier alpha value is -3.14. The number of furan rings is 1. The molecule has 0 aliphatic heterocycles. The molecule has 0 aliphatic rings. The fraction of sp³-hybridized carbons (Fsp3) is 0.227. The molecule has 0 bridgehead atoms. The van der Waals surface area contributed by atoms with Crippen molar-refractivity contribution in [3.63, 3.8) is 0 Å². The number of hydrogen-bond acceptors (Lipinski definition) is 9. The number of ketones is 1. The van der Waals surface area contributed by atoms with Gasteiger partial charge in [-0.05, 0) is 55.0 Å². The van der Waals surface area contributed by atoms with Crippen LogP contribution in [0.4, 0.5) is 0 Å². The summed E-state index contributed by atoms with van der Waals surface area (Å²) in [5, 5.41) is 28.3. The SMILES string of the molecule is C/C=C/C(=O)SCC(=O)OCc1ccc(/C=C/C(=O)c2cc(O)c(CO)c(CO)c2)o1. The second-order valence-corrected chi connectivity index (χ2v) is 7.20. The number of thioether (sulfide) groups is 1. The molecule has 0 saturated heterocycles. The number of aromatic hydroxyl groups is 1. The molecule has 0 aliphatic carbocycles. The second-order valence-electron chi connectivity index (χ2n) is 6.22. The Balaban J connectivity index is 1.93. The maximum Gasteiger partial charge on any atom is 0.316 e. The molecular weight excluding hydrogens is 424 g/mol. The normalized spacial score (nSPS) is 11.3. The average molecular weight is 446 g/mol. The topological polar surface area (TPSA) is 134 Å². The number of ether oxygens (including phenoxy) is 1. The first-order valence-corrected chi connectivity index (χ1v) is 10.2. The molecule has 0 radical (unpaired) electrons. The predicted molar refractivity (Wildman–Crippen MR) is 114 cm³/mol. The third-order valence-corrected chi connectivity index (χ3v) is 4.82. The van der Waals surface area contributed by atoms with E-state index in [1.807, 2.05) is 0 Å². The largest absolute Gasteiger partial charge is 0.508 e. The third-order valence-electron chi connectivity index (χ3n) is 4.02. The Labute approximate surface area is 182 Å². The van der Waals surface area contributed by atoms with Crippen molar-refractivity contribution in [1.29, 1.82) is 0 Å². The van der Waals surface area contributed by atoms with Crippen LogP contribution in [0.5, 0.6) is 5.75 Å². The zero-order valence-electron chi connectivity index (χ0n) is 16.7. The zero-order valence-corrected chi connectivity index (χ0v) is 17.6. The molecule has 1 heterocycles. The van der Waals surface area contributed by atoms with Gasteiger partial charge in [0.05, 0.1) is 19.0 Å². The van der Waals surface area contributed by atoms with Crippen LogP contribution >= 0.6 is 11.8 Å². The average Bonchev–Trinajstić information content (AvgIpc) is 3.22. The highest BCUT2D eigenvalue weighted by Gasteiger charge is 2.13. The van der Waals surface area contributed by atoms with Gasteiger partial charge in [-0.15, -0.1) is 0 Å². The maximum atomic E-state index is 12.3. The van der Waals surface area contributed by atoms with Crippen molar-refractivity contribution in [3.05, 3.63) is 70.7 Å². The van der Waals surface area contributed by atoms with Crippen molar-refractivity contribution in [3.8, 4) is 5.75 Å². The number of carbonyl (C=O) groups excluding carboxylic acids is 3. The summed E-state index contributed by atoms with van der Waals surface area (Å²) in [7, 11) is 0. The molecule has 0 atom stereocenters. The molecule has 0 spiro atoms. The number of allylic oxidation sites excluding steroid dienone is 2. The summed E-state index contributed by atoms with van der Waals surface area (Å²) in [6.45, 7) is 0.693. The van der Waals surface area contributed by atoms with Gasteiger partial charge in [-0.25, -0.2) is 0 Å². The Bertz CT molecular complexity index is 1000. The fourth-order valence-corrected chi connectivity index (χ4v) is 3.08. The van der Waals surface area contributed by atoms with Crippen LogP contribution < -0.4 is 0 Å². The van der Waals surface area contributed by atoms with Crippen LogP contribution in [-0.2, 0) is 34.1 Å². The Morgan fingerprint density at radius 2 is 1.90 bits per heavy atom. The molecule has 1 aromatic heterocycles. The minimum Gasteiger partial charge on any atom is -0.508 e. The quantitative estimate of drug-likeness (QED) is 0.286. The second kappa shape index (κ2) is 11.9. The molecule has 0 amide bonds. The molecule has 31 heavy (non-hydrogen) atoms. The Morgan fingerprint density at radius 1 is 1.13 bits per heavy atom. The van der Waals surface area contributed by atoms with Crippen LogP contribution in [0.2, 0.25) is 0 Å². The molecule has 0 saturated carbocycles. The molecular formula is C22H22O8S. The van der Waals surface area contributed by atoms with Gasteiger partial charge in [0.1, 0.15) is 23.9 Å².